The second kappa shape index (κ2) is 8.25. The zero-order chi connectivity index (χ0) is 15.1. The molecule has 1 atom stereocenters. The van der Waals surface area contributed by atoms with E-state index in [0.29, 0.717) is 17.3 Å². The Kier molecular flexibility index (Phi) is 6.33. The predicted molar refractivity (Wildman–Crippen MR) is 84.7 cm³/mol. The topological polar surface area (TPSA) is 50.4 Å². The Bertz CT molecular complexity index is 479. The third-order valence-corrected chi connectivity index (χ3v) is 3.91. The summed E-state index contributed by atoms with van der Waals surface area (Å²) < 4.78 is 5.95. The fourth-order valence-electron chi connectivity index (χ4n) is 2.39. The molecule has 1 unspecified atom stereocenters. The number of hydrogen-bond acceptors (Lipinski definition) is 3. The van der Waals surface area contributed by atoms with Gasteiger partial charge in [-0.15, -0.1) is 0 Å². The van der Waals surface area contributed by atoms with Crippen LogP contribution >= 0.6 is 11.6 Å². The van der Waals surface area contributed by atoms with Gasteiger partial charge in [0, 0.05) is 23.7 Å². The highest BCUT2D eigenvalue weighted by Gasteiger charge is 2.23. The van der Waals surface area contributed by atoms with Crippen LogP contribution in [0.5, 0.6) is 5.75 Å². The van der Waals surface area contributed by atoms with Crippen LogP contribution in [-0.2, 0) is 11.3 Å². The Balaban J connectivity index is 2.10. The molecule has 0 spiro atoms. The lowest BCUT2D eigenvalue weighted by atomic mass is 10.1. The zero-order valence-corrected chi connectivity index (χ0v) is 13.2. The molecule has 1 aliphatic heterocycles. The number of halogens is 1. The van der Waals surface area contributed by atoms with Gasteiger partial charge in [0.15, 0.2) is 6.10 Å². The first kappa shape index (κ1) is 16.1. The molecule has 1 amide bonds. The third-order valence-electron chi connectivity index (χ3n) is 3.56. The van der Waals surface area contributed by atoms with Gasteiger partial charge in [-0.25, -0.2) is 0 Å². The van der Waals surface area contributed by atoms with Crippen LogP contribution in [0.1, 0.15) is 38.2 Å². The quantitative estimate of drug-likeness (QED) is 0.794. The minimum absolute atomic E-state index is 0.0278. The van der Waals surface area contributed by atoms with E-state index < -0.39 is 6.10 Å². The second-order valence-electron chi connectivity index (χ2n) is 5.29. The summed E-state index contributed by atoms with van der Waals surface area (Å²) in [6, 6.07) is 5.59. The molecule has 0 radical (unpaired) electrons. The molecule has 1 aliphatic rings. The summed E-state index contributed by atoms with van der Waals surface area (Å²) in [5.74, 6) is 0.674. The molecular weight excluding hydrogens is 288 g/mol. The Morgan fingerprint density at radius 2 is 2.29 bits per heavy atom. The Morgan fingerprint density at radius 3 is 3.10 bits per heavy atom. The minimum atomic E-state index is -0.420. The van der Waals surface area contributed by atoms with E-state index >= 15 is 0 Å². The van der Waals surface area contributed by atoms with E-state index in [0.717, 1.165) is 44.3 Å². The van der Waals surface area contributed by atoms with Gasteiger partial charge in [-0.05, 0) is 44.4 Å². The number of rotatable bonds is 6. The van der Waals surface area contributed by atoms with Crippen molar-refractivity contribution < 1.29 is 9.53 Å². The van der Waals surface area contributed by atoms with Gasteiger partial charge in [0.2, 0.25) is 0 Å². The van der Waals surface area contributed by atoms with E-state index in [4.69, 9.17) is 16.3 Å². The van der Waals surface area contributed by atoms with Gasteiger partial charge in [0.1, 0.15) is 5.75 Å². The van der Waals surface area contributed by atoms with Crippen LogP contribution in [0.3, 0.4) is 0 Å². The van der Waals surface area contributed by atoms with Gasteiger partial charge in [-0.3, -0.25) is 4.79 Å². The van der Waals surface area contributed by atoms with Crippen LogP contribution in [-0.4, -0.2) is 25.1 Å². The van der Waals surface area contributed by atoms with Crippen LogP contribution in [0.2, 0.25) is 5.02 Å². The molecule has 21 heavy (non-hydrogen) atoms. The predicted octanol–water partition coefficient (Wildman–Crippen LogP) is 2.89. The summed E-state index contributed by atoms with van der Waals surface area (Å²) in [4.78, 5) is 12.0. The van der Waals surface area contributed by atoms with Gasteiger partial charge in [0.05, 0.1) is 0 Å². The monoisotopic (exact) mass is 310 g/mol. The lowest BCUT2D eigenvalue weighted by molar-refractivity contribution is -0.127. The fraction of sp³-hybridized carbons (Fsp3) is 0.562. The standard InChI is InChI=1S/C16H23ClN2O2/c1-2-9-18-11-12-13(17)6-5-8-14(12)21-15-7-3-4-10-19-16(15)20/h5-6,8,15,18H,2-4,7,9-11H2,1H3,(H,19,20). The van der Waals surface area contributed by atoms with E-state index in [1.54, 1.807) is 0 Å². The number of carbonyl (C=O) groups excluding carboxylic acids is 1. The first-order valence-corrected chi connectivity index (χ1v) is 8.02. The molecule has 1 aromatic carbocycles. The molecule has 1 aromatic rings. The van der Waals surface area contributed by atoms with Gasteiger partial charge in [-0.1, -0.05) is 24.6 Å². The summed E-state index contributed by atoms with van der Waals surface area (Å²) in [7, 11) is 0. The molecule has 0 aliphatic carbocycles. The van der Waals surface area contributed by atoms with E-state index in [9.17, 15) is 4.79 Å². The maximum Gasteiger partial charge on any atom is 0.261 e. The minimum Gasteiger partial charge on any atom is -0.480 e. The maximum atomic E-state index is 12.0. The average molecular weight is 311 g/mol. The number of ether oxygens (including phenoxy) is 1. The van der Waals surface area contributed by atoms with E-state index in [1.165, 1.54) is 0 Å². The first-order chi connectivity index (χ1) is 10.2. The number of carbonyl (C=O) groups is 1. The molecular formula is C16H23ClN2O2. The summed E-state index contributed by atoms with van der Waals surface area (Å²) >= 11 is 6.27. The van der Waals surface area contributed by atoms with Crippen molar-refractivity contribution in [3.05, 3.63) is 28.8 Å². The summed E-state index contributed by atoms with van der Waals surface area (Å²) in [5, 5.41) is 6.89. The van der Waals surface area contributed by atoms with Crippen molar-refractivity contribution in [3.8, 4) is 5.75 Å². The molecule has 4 nitrogen and oxygen atoms in total. The highest BCUT2D eigenvalue weighted by Crippen LogP contribution is 2.28. The van der Waals surface area contributed by atoms with Crippen molar-refractivity contribution >= 4 is 17.5 Å². The van der Waals surface area contributed by atoms with E-state index in [1.807, 2.05) is 18.2 Å². The number of amides is 1. The molecule has 0 bridgehead atoms. The molecule has 2 rings (SSSR count). The van der Waals surface area contributed by atoms with E-state index in [2.05, 4.69) is 17.6 Å². The summed E-state index contributed by atoms with van der Waals surface area (Å²) in [6.07, 6.45) is 3.39. The van der Waals surface area contributed by atoms with Crippen molar-refractivity contribution in [3.63, 3.8) is 0 Å². The number of hydrogen-bond donors (Lipinski definition) is 2. The second-order valence-corrected chi connectivity index (χ2v) is 5.69. The Labute approximate surface area is 131 Å². The van der Waals surface area contributed by atoms with Gasteiger partial charge >= 0.3 is 0 Å². The molecule has 0 saturated carbocycles. The Morgan fingerprint density at radius 1 is 1.43 bits per heavy atom. The molecule has 0 aromatic heterocycles. The maximum absolute atomic E-state index is 12.0. The van der Waals surface area contributed by atoms with Gasteiger partial charge in [-0.2, -0.15) is 0 Å². The summed E-state index contributed by atoms with van der Waals surface area (Å²) in [5.41, 5.74) is 0.921. The van der Waals surface area contributed by atoms with Crippen LogP contribution in [0.4, 0.5) is 0 Å². The van der Waals surface area contributed by atoms with Crippen LogP contribution in [0, 0.1) is 0 Å². The largest absolute Gasteiger partial charge is 0.480 e. The molecule has 5 heteroatoms. The van der Waals surface area contributed by atoms with Crippen molar-refractivity contribution in [1.82, 2.24) is 10.6 Å². The summed E-state index contributed by atoms with van der Waals surface area (Å²) in [6.45, 7) is 4.43. The average Bonchev–Trinajstić information content (AvgIpc) is 2.67. The van der Waals surface area contributed by atoms with Gasteiger partial charge in [0.25, 0.3) is 5.91 Å². The lowest BCUT2D eigenvalue weighted by Crippen LogP contribution is -2.36. The van der Waals surface area contributed by atoms with E-state index in [-0.39, 0.29) is 5.91 Å². The van der Waals surface area contributed by atoms with Crippen molar-refractivity contribution in [1.29, 1.82) is 0 Å². The molecule has 1 saturated heterocycles. The third kappa shape index (κ3) is 4.61. The van der Waals surface area contributed by atoms with Crippen molar-refractivity contribution in [2.45, 2.75) is 45.3 Å². The highest BCUT2D eigenvalue weighted by molar-refractivity contribution is 6.31. The molecule has 1 fully saturated rings. The number of benzene rings is 1. The lowest BCUT2D eigenvalue weighted by Gasteiger charge is -2.19. The highest BCUT2D eigenvalue weighted by atomic mass is 35.5. The number of nitrogens with one attached hydrogen (secondary N) is 2. The Hall–Kier alpha value is -1.26. The normalized spacial score (nSPS) is 19.0. The van der Waals surface area contributed by atoms with Crippen LogP contribution in [0.25, 0.3) is 0 Å². The smallest absolute Gasteiger partial charge is 0.261 e. The van der Waals surface area contributed by atoms with Crippen LogP contribution < -0.4 is 15.4 Å². The van der Waals surface area contributed by atoms with Crippen molar-refractivity contribution in [2.24, 2.45) is 0 Å². The molecule has 116 valence electrons. The van der Waals surface area contributed by atoms with Gasteiger partial charge < -0.3 is 15.4 Å². The molecule has 1 heterocycles. The molecule has 2 N–H and O–H groups in total. The van der Waals surface area contributed by atoms with Crippen molar-refractivity contribution in [2.75, 3.05) is 13.1 Å². The first-order valence-electron chi connectivity index (χ1n) is 7.65. The fourth-order valence-corrected chi connectivity index (χ4v) is 2.62. The van der Waals surface area contributed by atoms with Crippen LogP contribution in [0.15, 0.2) is 18.2 Å². The SMILES string of the molecule is CCCNCc1c(Cl)cccc1OC1CCCCNC1=O. The zero-order valence-electron chi connectivity index (χ0n) is 12.5.